The van der Waals surface area contributed by atoms with E-state index in [-0.39, 0.29) is 0 Å². The third kappa shape index (κ3) is 2.67. The standard InChI is InChI=1S/C13H17N3OS/c1-4-10-12(14-5-2)15-8-16-13(10)18-11-6-7-17-9(11)3/h6-8H,4-5H2,1-3H3,(H,14,15,16). The van der Waals surface area contributed by atoms with Crippen LogP contribution in [-0.4, -0.2) is 16.5 Å². The Labute approximate surface area is 111 Å². The summed E-state index contributed by atoms with van der Waals surface area (Å²) in [6.45, 7) is 7.00. The first-order valence-electron chi connectivity index (χ1n) is 6.06. The highest BCUT2D eigenvalue weighted by Crippen LogP contribution is 2.33. The Balaban J connectivity index is 2.32. The van der Waals surface area contributed by atoms with Crippen molar-refractivity contribution in [1.82, 2.24) is 9.97 Å². The minimum atomic E-state index is 0.860. The average molecular weight is 263 g/mol. The second kappa shape index (κ2) is 5.91. The topological polar surface area (TPSA) is 51.0 Å². The van der Waals surface area contributed by atoms with E-state index in [4.69, 9.17) is 4.42 Å². The lowest BCUT2D eigenvalue weighted by Crippen LogP contribution is -2.05. The molecule has 0 aromatic carbocycles. The van der Waals surface area contributed by atoms with Gasteiger partial charge in [0.25, 0.3) is 0 Å². The predicted octanol–water partition coefficient (Wildman–Crippen LogP) is 3.52. The maximum Gasteiger partial charge on any atom is 0.133 e. The molecule has 18 heavy (non-hydrogen) atoms. The molecule has 0 fully saturated rings. The number of anilines is 1. The van der Waals surface area contributed by atoms with Crippen molar-refractivity contribution in [2.45, 2.75) is 37.1 Å². The van der Waals surface area contributed by atoms with Crippen molar-refractivity contribution in [2.75, 3.05) is 11.9 Å². The minimum absolute atomic E-state index is 0.860. The van der Waals surface area contributed by atoms with Crippen molar-refractivity contribution in [2.24, 2.45) is 0 Å². The van der Waals surface area contributed by atoms with Gasteiger partial charge in [0, 0.05) is 12.1 Å². The number of aromatic nitrogens is 2. The summed E-state index contributed by atoms with van der Waals surface area (Å²) in [7, 11) is 0. The molecule has 2 aromatic heterocycles. The van der Waals surface area contributed by atoms with Gasteiger partial charge in [-0.25, -0.2) is 9.97 Å². The molecule has 0 unspecified atom stereocenters. The molecule has 4 nitrogen and oxygen atoms in total. The molecule has 2 aromatic rings. The normalized spacial score (nSPS) is 10.6. The second-order valence-corrected chi connectivity index (χ2v) is 4.86. The molecule has 0 spiro atoms. The maximum atomic E-state index is 5.31. The Hall–Kier alpha value is -1.49. The maximum absolute atomic E-state index is 5.31. The zero-order valence-electron chi connectivity index (χ0n) is 10.9. The van der Waals surface area contributed by atoms with Gasteiger partial charge in [-0.1, -0.05) is 18.7 Å². The van der Waals surface area contributed by atoms with E-state index in [9.17, 15) is 0 Å². The largest absolute Gasteiger partial charge is 0.468 e. The van der Waals surface area contributed by atoms with Gasteiger partial charge in [-0.05, 0) is 26.3 Å². The number of nitrogens with zero attached hydrogens (tertiary/aromatic N) is 2. The quantitative estimate of drug-likeness (QED) is 0.836. The van der Waals surface area contributed by atoms with Crippen LogP contribution in [0.5, 0.6) is 0 Å². The van der Waals surface area contributed by atoms with Crippen LogP contribution in [0.1, 0.15) is 25.2 Å². The van der Waals surface area contributed by atoms with Crippen LogP contribution in [0.3, 0.4) is 0 Å². The van der Waals surface area contributed by atoms with E-state index >= 15 is 0 Å². The van der Waals surface area contributed by atoms with Gasteiger partial charge >= 0.3 is 0 Å². The summed E-state index contributed by atoms with van der Waals surface area (Å²) >= 11 is 1.63. The molecule has 0 bridgehead atoms. The van der Waals surface area contributed by atoms with Crippen LogP contribution >= 0.6 is 11.8 Å². The summed E-state index contributed by atoms with van der Waals surface area (Å²) in [5, 5.41) is 4.27. The molecule has 0 saturated carbocycles. The molecule has 0 saturated heterocycles. The second-order valence-electron chi connectivity index (χ2n) is 3.83. The van der Waals surface area contributed by atoms with Gasteiger partial charge in [0.15, 0.2) is 0 Å². The molecular formula is C13H17N3OS. The summed E-state index contributed by atoms with van der Waals surface area (Å²) < 4.78 is 5.31. The predicted molar refractivity (Wildman–Crippen MR) is 73.1 cm³/mol. The zero-order valence-corrected chi connectivity index (χ0v) is 11.7. The molecule has 0 amide bonds. The minimum Gasteiger partial charge on any atom is -0.468 e. The highest BCUT2D eigenvalue weighted by Gasteiger charge is 2.12. The monoisotopic (exact) mass is 263 g/mol. The van der Waals surface area contributed by atoms with Crippen molar-refractivity contribution in [3.8, 4) is 0 Å². The van der Waals surface area contributed by atoms with Crippen LogP contribution in [0, 0.1) is 6.92 Å². The SMILES string of the molecule is CCNc1ncnc(Sc2ccoc2C)c1CC. The van der Waals surface area contributed by atoms with Gasteiger partial charge in [-0.2, -0.15) is 0 Å². The van der Waals surface area contributed by atoms with E-state index in [0.29, 0.717) is 0 Å². The molecule has 0 radical (unpaired) electrons. The van der Waals surface area contributed by atoms with Gasteiger partial charge in [0.1, 0.15) is 22.9 Å². The lowest BCUT2D eigenvalue weighted by molar-refractivity contribution is 0.527. The van der Waals surface area contributed by atoms with Crippen molar-refractivity contribution in [3.05, 3.63) is 30.0 Å². The van der Waals surface area contributed by atoms with Crippen molar-refractivity contribution in [1.29, 1.82) is 0 Å². The first-order chi connectivity index (χ1) is 8.76. The Bertz CT molecular complexity index is 525. The van der Waals surface area contributed by atoms with Gasteiger partial charge in [0.2, 0.25) is 0 Å². The van der Waals surface area contributed by atoms with Gasteiger partial charge in [-0.3, -0.25) is 0 Å². The molecule has 0 atom stereocenters. The lowest BCUT2D eigenvalue weighted by Gasteiger charge is -2.11. The van der Waals surface area contributed by atoms with E-state index < -0.39 is 0 Å². The highest BCUT2D eigenvalue weighted by atomic mass is 32.2. The molecule has 2 heterocycles. The summed E-state index contributed by atoms with van der Waals surface area (Å²) in [4.78, 5) is 9.77. The Morgan fingerprint density at radius 1 is 1.33 bits per heavy atom. The summed E-state index contributed by atoms with van der Waals surface area (Å²) in [6, 6.07) is 1.97. The van der Waals surface area contributed by atoms with Crippen molar-refractivity contribution in [3.63, 3.8) is 0 Å². The number of hydrogen-bond acceptors (Lipinski definition) is 5. The van der Waals surface area contributed by atoms with E-state index in [0.717, 1.165) is 40.0 Å². The van der Waals surface area contributed by atoms with Crippen molar-refractivity contribution < 1.29 is 4.42 Å². The smallest absolute Gasteiger partial charge is 0.133 e. The summed E-state index contributed by atoms with van der Waals surface area (Å²) in [6.07, 6.45) is 4.22. The summed E-state index contributed by atoms with van der Waals surface area (Å²) in [5.74, 6) is 1.85. The average Bonchev–Trinajstić information content (AvgIpc) is 2.76. The Kier molecular flexibility index (Phi) is 4.25. The van der Waals surface area contributed by atoms with Crippen LogP contribution in [0.4, 0.5) is 5.82 Å². The third-order valence-corrected chi connectivity index (χ3v) is 3.81. The molecule has 5 heteroatoms. The number of furan rings is 1. The summed E-state index contributed by atoms with van der Waals surface area (Å²) in [5.41, 5.74) is 1.16. The van der Waals surface area contributed by atoms with Gasteiger partial charge in [-0.15, -0.1) is 0 Å². The van der Waals surface area contributed by atoms with Crippen LogP contribution in [0.2, 0.25) is 0 Å². The molecule has 2 rings (SSSR count). The van der Waals surface area contributed by atoms with E-state index in [2.05, 4.69) is 29.1 Å². The van der Waals surface area contributed by atoms with Gasteiger partial charge in [0.05, 0.1) is 11.2 Å². The fraction of sp³-hybridized carbons (Fsp3) is 0.385. The van der Waals surface area contributed by atoms with E-state index in [1.807, 2.05) is 13.0 Å². The Morgan fingerprint density at radius 3 is 2.78 bits per heavy atom. The fourth-order valence-corrected chi connectivity index (χ4v) is 2.69. The fourth-order valence-electron chi connectivity index (χ4n) is 1.71. The number of rotatable bonds is 5. The Morgan fingerprint density at radius 2 is 2.17 bits per heavy atom. The van der Waals surface area contributed by atoms with Crippen LogP contribution in [0.15, 0.2) is 33.0 Å². The van der Waals surface area contributed by atoms with Crippen LogP contribution in [0.25, 0.3) is 0 Å². The van der Waals surface area contributed by atoms with E-state index in [1.165, 1.54) is 0 Å². The molecule has 1 N–H and O–H groups in total. The van der Waals surface area contributed by atoms with Crippen LogP contribution in [-0.2, 0) is 6.42 Å². The van der Waals surface area contributed by atoms with Gasteiger partial charge < -0.3 is 9.73 Å². The molecule has 0 aliphatic carbocycles. The number of nitrogens with one attached hydrogen (secondary N) is 1. The number of aryl methyl sites for hydroxylation is 1. The number of hydrogen-bond donors (Lipinski definition) is 1. The molecule has 96 valence electrons. The third-order valence-electron chi connectivity index (χ3n) is 2.62. The zero-order chi connectivity index (χ0) is 13.0. The first kappa shape index (κ1) is 13.0. The first-order valence-corrected chi connectivity index (χ1v) is 6.87. The van der Waals surface area contributed by atoms with Crippen LogP contribution < -0.4 is 5.32 Å². The molecular weight excluding hydrogens is 246 g/mol. The van der Waals surface area contributed by atoms with E-state index in [1.54, 1.807) is 24.4 Å². The molecule has 0 aliphatic heterocycles. The van der Waals surface area contributed by atoms with Crippen molar-refractivity contribution >= 4 is 17.6 Å². The lowest BCUT2D eigenvalue weighted by atomic mass is 10.2. The molecule has 0 aliphatic rings. The highest BCUT2D eigenvalue weighted by molar-refractivity contribution is 7.99.